The van der Waals surface area contributed by atoms with Crippen LogP contribution in [0.4, 0.5) is 5.69 Å². The molecule has 0 saturated carbocycles. The first kappa shape index (κ1) is 15.9. The first-order valence-electron chi connectivity index (χ1n) is 8.05. The van der Waals surface area contributed by atoms with Gasteiger partial charge in [0.25, 0.3) is 0 Å². The van der Waals surface area contributed by atoms with Gasteiger partial charge < -0.3 is 14.5 Å². The lowest BCUT2D eigenvalue weighted by Crippen LogP contribution is -2.49. The second kappa shape index (κ2) is 7.51. The predicted octanol–water partition coefficient (Wildman–Crippen LogP) is 3.04. The number of amides is 1. The summed E-state index contributed by atoms with van der Waals surface area (Å²) in [7, 11) is 0. The molecular formula is C18H22N2O2S. The summed E-state index contributed by atoms with van der Waals surface area (Å²) in [6.07, 6.45) is 0.521. The average Bonchev–Trinajstić information content (AvgIpc) is 3.09. The van der Waals surface area contributed by atoms with E-state index in [1.807, 2.05) is 47.5 Å². The number of hydrogen-bond acceptors (Lipinski definition) is 4. The molecule has 1 aliphatic rings. The van der Waals surface area contributed by atoms with E-state index >= 15 is 0 Å². The van der Waals surface area contributed by atoms with Gasteiger partial charge in [0.2, 0.25) is 5.91 Å². The summed E-state index contributed by atoms with van der Waals surface area (Å²) in [6.45, 7) is 5.89. The molecule has 2 heterocycles. The van der Waals surface area contributed by atoms with Crippen LogP contribution in [0.1, 0.15) is 11.8 Å². The van der Waals surface area contributed by atoms with E-state index in [2.05, 4.69) is 11.0 Å². The van der Waals surface area contributed by atoms with Crippen LogP contribution in [0, 0.1) is 0 Å². The molecule has 1 aliphatic heterocycles. The van der Waals surface area contributed by atoms with Gasteiger partial charge in [0.1, 0.15) is 5.75 Å². The van der Waals surface area contributed by atoms with Gasteiger partial charge in [0.05, 0.1) is 18.7 Å². The van der Waals surface area contributed by atoms with Crippen molar-refractivity contribution in [3.8, 4) is 5.75 Å². The van der Waals surface area contributed by atoms with Crippen molar-refractivity contribution in [1.82, 2.24) is 4.90 Å². The summed E-state index contributed by atoms with van der Waals surface area (Å²) < 4.78 is 5.71. The zero-order valence-electron chi connectivity index (χ0n) is 13.4. The van der Waals surface area contributed by atoms with Crippen LogP contribution in [0.2, 0.25) is 0 Å². The second-order valence-electron chi connectivity index (χ2n) is 5.52. The maximum atomic E-state index is 12.4. The average molecular weight is 330 g/mol. The summed E-state index contributed by atoms with van der Waals surface area (Å²) in [5.41, 5.74) is 1.12. The van der Waals surface area contributed by atoms with Crippen LogP contribution in [-0.4, -0.2) is 43.6 Å². The molecule has 0 bridgehead atoms. The summed E-state index contributed by atoms with van der Waals surface area (Å²) in [5, 5.41) is 2.02. The first-order valence-corrected chi connectivity index (χ1v) is 8.93. The minimum absolute atomic E-state index is 0.227. The zero-order valence-corrected chi connectivity index (χ0v) is 14.2. The Bertz CT molecular complexity index is 634. The molecule has 0 atom stereocenters. The number of anilines is 1. The first-order chi connectivity index (χ1) is 11.3. The minimum Gasteiger partial charge on any atom is -0.492 e. The smallest absolute Gasteiger partial charge is 0.227 e. The highest BCUT2D eigenvalue weighted by Gasteiger charge is 2.23. The van der Waals surface area contributed by atoms with Crippen molar-refractivity contribution in [2.24, 2.45) is 0 Å². The molecule has 0 unspecified atom stereocenters. The van der Waals surface area contributed by atoms with Crippen LogP contribution in [0.3, 0.4) is 0 Å². The van der Waals surface area contributed by atoms with E-state index in [1.165, 1.54) is 0 Å². The monoisotopic (exact) mass is 330 g/mol. The fourth-order valence-electron chi connectivity index (χ4n) is 2.87. The van der Waals surface area contributed by atoms with E-state index < -0.39 is 0 Å². The molecule has 23 heavy (non-hydrogen) atoms. The molecule has 1 saturated heterocycles. The van der Waals surface area contributed by atoms with Gasteiger partial charge in [-0.15, -0.1) is 11.3 Å². The summed E-state index contributed by atoms with van der Waals surface area (Å²) >= 11 is 1.65. The molecule has 1 amide bonds. The van der Waals surface area contributed by atoms with E-state index in [0.29, 0.717) is 13.0 Å². The number of para-hydroxylation sites is 2. The Morgan fingerprint density at radius 3 is 2.61 bits per heavy atom. The van der Waals surface area contributed by atoms with Gasteiger partial charge >= 0.3 is 0 Å². The SMILES string of the molecule is CCOc1ccccc1N1CCN(C(=O)Cc2cccs2)CC1. The fraction of sp³-hybridized carbons (Fsp3) is 0.389. The Labute approximate surface area is 141 Å². The molecule has 0 radical (unpaired) electrons. The van der Waals surface area contributed by atoms with Crippen molar-refractivity contribution in [3.63, 3.8) is 0 Å². The summed E-state index contributed by atoms with van der Waals surface area (Å²) in [5.74, 6) is 1.15. The Kier molecular flexibility index (Phi) is 5.18. The summed E-state index contributed by atoms with van der Waals surface area (Å²) in [4.78, 5) is 17.8. The number of ether oxygens (including phenoxy) is 1. The van der Waals surface area contributed by atoms with Gasteiger partial charge in [-0.2, -0.15) is 0 Å². The van der Waals surface area contributed by atoms with E-state index in [-0.39, 0.29) is 5.91 Å². The van der Waals surface area contributed by atoms with Gasteiger partial charge in [-0.25, -0.2) is 0 Å². The lowest BCUT2D eigenvalue weighted by molar-refractivity contribution is -0.130. The molecule has 1 fully saturated rings. The number of rotatable bonds is 5. The molecule has 1 aromatic carbocycles. The molecule has 3 rings (SSSR count). The molecule has 2 aromatic rings. The molecule has 122 valence electrons. The third-order valence-corrected chi connectivity index (χ3v) is 4.92. The number of hydrogen-bond donors (Lipinski definition) is 0. The number of carbonyl (C=O) groups is 1. The third-order valence-electron chi connectivity index (χ3n) is 4.04. The number of thiophene rings is 1. The van der Waals surface area contributed by atoms with E-state index in [4.69, 9.17) is 4.74 Å². The number of nitrogens with zero attached hydrogens (tertiary/aromatic N) is 2. The molecule has 4 nitrogen and oxygen atoms in total. The molecular weight excluding hydrogens is 308 g/mol. The minimum atomic E-state index is 0.227. The van der Waals surface area contributed by atoms with Gasteiger partial charge in [0, 0.05) is 31.1 Å². The second-order valence-corrected chi connectivity index (χ2v) is 6.56. The largest absolute Gasteiger partial charge is 0.492 e. The maximum absolute atomic E-state index is 12.4. The van der Waals surface area contributed by atoms with E-state index in [1.54, 1.807) is 11.3 Å². The molecule has 0 aliphatic carbocycles. The van der Waals surface area contributed by atoms with Crippen LogP contribution in [0.25, 0.3) is 0 Å². The van der Waals surface area contributed by atoms with Crippen LogP contribution in [0.5, 0.6) is 5.75 Å². The van der Waals surface area contributed by atoms with Crippen LogP contribution in [-0.2, 0) is 11.2 Å². The van der Waals surface area contributed by atoms with Crippen molar-refractivity contribution >= 4 is 22.9 Å². The quantitative estimate of drug-likeness (QED) is 0.845. The van der Waals surface area contributed by atoms with Crippen molar-refractivity contribution in [3.05, 3.63) is 46.7 Å². The normalized spacial score (nSPS) is 14.8. The van der Waals surface area contributed by atoms with Crippen molar-refractivity contribution in [1.29, 1.82) is 0 Å². The topological polar surface area (TPSA) is 32.8 Å². The Morgan fingerprint density at radius 1 is 1.13 bits per heavy atom. The van der Waals surface area contributed by atoms with Crippen molar-refractivity contribution in [2.45, 2.75) is 13.3 Å². The Hall–Kier alpha value is -2.01. The number of benzene rings is 1. The van der Waals surface area contributed by atoms with E-state index in [9.17, 15) is 4.79 Å². The number of piperazine rings is 1. The van der Waals surface area contributed by atoms with Gasteiger partial charge in [-0.3, -0.25) is 4.79 Å². The Morgan fingerprint density at radius 2 is 1.91 bits per heavy atom. The van der Waals surface area contributed by atoms with Gasteiger partial charge in [0.15, 0.2) is 0 Å². The standard InChI is InChI=1S/C18H22N2O2S/c1-2-22-17-8-4-3-7-16(17)19-9-11-20(12-10-19)18(21)14-15-6-5-13-23-15/h3-8,13H,2,9-12,14H2,1H3. The number of carbonyl (C=O) groups excluding carboxylic acids is 1. The third kappa shape index (κ3) is 3.85. The zero-order chi connectivity index (χ0) is 16.1. The van der Waals surface area contributed by atoms with Crippen LogP contribution in [0.15, 0.2) is 41.8 Å². The van der Waals surface area contributed by atoms with E-state index in [0.717, 1.165) is 42.5 Å². The maximum Gasteiger partial charge on any atom is 0.227 e. The fourth-order valence-corrected chi connectivity index (χ4v) is 3.56. The van der Waals surface area contributed by atoms with Gasteiger partial charge in [-0.05, 0) is 30.5 Å². The molecule has 0 N–H and O–H groups in total. The Balaban J connectivity index is 1.59. The molecule has 1 aromatic heterocycles. The lowest BCUT2D eigenvalue weighted by Gasteiger charge is -2.36. The van der Waals surface area contributed by atoms with Gasteiger partial charge in [-0.1, -0.05) is 18.2 Å². The summed E-state index contributed by atoms with van der Waals surface area (Å²) in [6, 6.07) is 12.1. The highest BCUT2D eigenvalue weighted by atomic mass is 32.1. The van der Waals surface area contributed by atoms with Crippen molar-refractivity contribution in [2.75, 3.05) is 37.7 Å². The lowest BCUT2D eigenvalue weighted by atomic mass is 10.2. The molecule has 5 heteroatoms. The van der Waals surface area contributed by atoms with Crippen LogP contribution < -0.4 is 9.64 Å². The predicted molar refractivity (Wildman–Crippen MR) is 94.4 cm³/mol. The highest BCUT2D eigenvalue weighted by molar-refractivity contribution is 7.10. The van der Waals surface area contributed by atoms with Crippen molar-refractivity contribution < 1.29 is 9.53 Å². The molecule has 0 spiro atoms. The highest BCUT2D eigenvalue weighted by Crippen LogP contribution is 2.28. The van der Waals surface area contributed by atoms with Crippen LogP contribution >= 0.6 is 11.3 Å².